The monoisotopic (exact) mass is 205 g/mol. The van der Waals surface area contributed by atoms with E-state index in [0.717, 1.165) is 16.6 Å². The van der Waals surface area contributed by atoms with Gasteiger partial charge in [0, 0.05) is 37.5 Å². The first-order valence-corrected chi connectivity index (χ1v) is 5.00. The Kier molecular flexibility index (Phi) is 2.70. The molecule has 4 nitrogen and oxygen atoms in total. The van der Waals surface area contributed by atoms with Gasteiger partial charge in [0.05, 0.1) is 0 Å². The molecule has 2 aromatic heterocycles. The van der Waals surface area contributed by atoms with Crippen molar-refractivity contribution in [3.05, 3.63) is 30.1 Å². The molecule has 2 rings (SSSR count). The van der Waals surface area contributed by atoms with E-state index in [2.05, 4.69) is 4.98 Å². The van der Waals surface area contributed by atoms with Crippen LogP contribution in [0.1, 0.15) is 18.0 Å². The van der Waals surface area contributed by atoms with Gasteiger partial charge in [0.1, 0.15) is 5.65 Å². The molecule has 0 bridgehead atoms. The second kappa shape index (κ2) is 4.00. The molecule has 15 heavy (non-hydrogen) atoms. The first kappa shape index (κ1) is 10.1. The highest BCUT2D eigenvalue weighted by molar-refractivity contribution is 5.80. The fourth-order valence-electron chi connectivity index (χ4n) is 1.83. The Morgan fingerprint density at radius 3 is 3.13 bits per heavy atom. The molecule has 0 aromatic carbocycles. The molecule has 0 radical (unpaired) electrons. The summed E-state index contributed by atoms with van der Waals surface area (Å²) in [5.41, 5.74) is 7.97. The SMILES string of the molecule is Cn1cc(C(N)CCO)c2cccnc21. The molecule has 0 spiro atoms. The maximum Gasteiger partial charge on any atom is 0.139 e. The average Bonchev–Trinajstić information content (AvgIpc) is 2.58. The highest BCUT2D eigenvalue weighted by Gasteiger charge is 2.12. The summed E-state index contributed by atoms with van der Waals surface area (Å²) in [7, 11) is 1.95. The van der Waals surface area contributed by atoms with Crippen LogP contribution in [-0.2, 0) is 7.05 Å². The minimum absolute atomic E-state index is 0.109. The molecule has 2 aromatic rings. The van der Waals surface area contributed by atoms with Crippen LogP contribution in [0.2, 0.25) is 0 Å². The minimum atomic E-state index is -0.122. The van der Waals surface area contributed by atoms with Crippen LogP contribution in [0, 0.1) is 0 Å². The van der Waals surface area contributed by atoms with Crippen molar-refractivity contribution in [2.24, 2.45) is 12.8 Å². The zero-order valence-corrected chi connectivity index (χ0v) is 8.72. The molecule has 0 saturated carbocycles. The zero-order chi connectivity index (χ0) is 10.8. The zero-order valence-electron chi connectivity index (χ0n) is 8.72. The van der Waals surface area contributed by atoms with E-state index in [1.165, 1.54) is 0 Å². The first-order chi connectivity index (χ1) is 7.24. The van der Waals surface area contributed by atoms with Gasteiger partial charge in [-0.3, -0.25) is 0 Å². The summed E-state index contributed by atoms with van der Waals surface area (Å²) in [6.45, 7) is 0.109. The van der Waals surface area contributed by atoms with E-state index in [0.29, 0.717) is 6.42 Å². The lowest BCUT2D eigenvalue weighted by Gasteiger charge is -2.07. The number of aryl methyl sites for hydroxylation is 1. The van der Waals surface area contributed by atoms with Gasteiger partial charge >= 0.3 is 0 Å². The smallest absolute Gasteiger partial charge is 0.139 e. The summed E-state index contributed by atoms with van der Waals surface area (Å²) in [5.74, 6) is 0. The third-order valence-electron chi connectivity index (χ3n) is 2.60. The van der Waals surface area contributed by atoms with E-state index in [4.69, 9.17) is 10.8 Å². The average molecular weight is 205 g/mol. The fourth-order valence-corrected chi connectivity index (χ4v) is 1.83. The molecule has 3 N–H and O–H groups in total. The number of rotatable bonds is 3. The van der Waals surface area contributed by atoms with Gasteiger partial charge < -0.3 is 15.4 Å². The van der Waals surface area contributed by atoms with Crippen molar-refractivity contribution in [2.45, 2.75) is 12.5 Å². The highest BCUT2D eigenvalue weighted by Crippen LogP contribution is 2.24. The molecule has 80 valence electrons. The Morgan fingerprint density at radius 2 is 2.40 bits per heavy atom. The molecule has 0 amide bonds. The van der Waals surface area contributed by atoms with Gasteiger partial charge in [0.25, 0.3) is 0 Å². The van der Waals surface area contributed by atoms with E-state index < -0.39 is 0 Å². The molecule has 0 saturated heterocycles. The molecule has 0 aliphatic rings. The summed E-state index contributed by atoms with van der Waals surface area (Å²) in [4.78, 5) is 4.29. The molecule has 0 fully saturated rings. The van der Waals surface area contributed by atoms with Gasteiger partial charge in [-0.1, -0.05) is 0 Å². The van der Waals surface area contributed by atoms with Crippen LogP contribution < -0.4 is 5.73 Å². The third-order valence-corrected chi connectivity index (χ3v) is 2.60. The second-order valence-electron chi connectivity index (χ2n) is 3.69. The van der Waals surface area contributed by atoms with Crippen molar-refractivity contribution < 1.29 is 5.11 Å². The van der Waals surface area contributed by atoms with E-state index in [1.807, 2.05) is 29.9 Å². The number of pyridine rings is 1. The Labute approximate surface area is 88.3 Å². The Morgan fingerprint density at radius 1 is 1.60 bits per heavy atom. The molecule has 2 heterocycles. The number of aliphatic hydroxyl groups is 1. The summed E-state index contributed by atoms with van der Waals surface area (Å²) in [5, 5.41) is 9.94. The quantitative estimate of drug-likeness (QED) is 0.784. The van der Waals surface area contributed by atoms with Crippen LogP contribution in [-0.4, -0.2) is 21.3 Å². The molecular formula is C11H15N3O. The molecule has 1 atom stereocenters. The largest absolute Gasteiger partial charge is 0.396 e. The maximum atomic E-state index is 8.87. The predicted octanol–water partition coefficient (Wildman–Crippen LogP) is 0.956. The number of hydrogen-bond donors (Lipinski definition) is 2. The predicted molar refractivity (Wildman–Crippen MR) is 59.3 cm³/mol. The van der Waals surface area contributed by atoms with Crippen LogP contribution in [0.25, 0.3) is 11.0 Å². The summed E-state index contributed by atoms with van der Waals surface area (Å²) in [6, 6.07) is 3.79. The van der Waals surface area contributed by atoms with Gasteiger partial charge in [-0.2, -0.15) is 0 Å². The lowest BCUT2D eigenvalue weighted by molar-refractivity contribution is 0.277. The third kappa shape index (κ3) is 1.73. The molecule has 0 aliphatic carbocycles. The Balaban J connectivity index is 2.52. The molecule has 1 unspecified atom stereocenters. The number of hydrogen-bond acceptors (Lipinski definition) is 3. The number of nitrogens with two attached hydrogens (primary N) is 1. The number of aliphatic hydroxyl groups excluding tert-OH is 1. The Bertz CT molecular complexity index is 464. The standard InChI is InChI=1S/C11H15N3O/c1-14-7-9(10(12)4-6-15)8-3-2-5-13-11(8)14/h2-3,5,7,10,15H,4,6,12H2,1H3. The minimum Gasteiger partial charge on any atom is -0.396 e. The van der Waals surface area contributed by atoms with Crippen molar-refractivity contribution in [1.82, 2.24) is 9.55 Å². The van der Waals surface area contributed by atoms with Crippen LogP contribution in [0.3, 0.4) is 0 Å². The molecule has 0 aliphatic heterocycles. The number of nitrogens with zero attached hydrogens (tertiary/aromatic N) is 2. The summed E-state index contributed by atoms with van der Waals surface area (Å²) in [6.07, 6.45) is 4.33. The molecule has 4 heteroatoms. The van der Waals surface area contributed by atoms with E-state index in [-0.39, 0.29) is 12.6 Å². The van der Waals surface area contributed by atoms with E-state index >= 15 is 0 Å². The lowest BCUT2D eigenvalue weighted by atomic mass is 10.1. The van der Waals surface area contributed by atoms with Crippen LogP contribution in [0.15, 0.2) is 24.5 Å². The van der Waals surface area contributed by atoms with Crippen molar-refractivity contribution >= 4 is 11.0 Å². The van der Waals surface area contributed by atoms with E-state index in [1.54, 1.807) is 6.20 Å². The summed E-state index contributed by atoms with van der Waals surface area (Å²) >= 11 is 0. The first-order valence-electron chi connectivity index (χ1n) is 5.00. The molecular weight excluding hydrogens is 190 g/mol. The Hall–Kier alpha value is -1.39. The van der Waals surface area contributed by atoms with Crippen molar-refractivity contribution in [3.8, 4) is 0 Å². The van der Waals surface area contributed by atoms with Gasteiger partial charge in [0.2, 0.25) is 0 Å². The topological polar surface area (TPSA) is 64.1 Å². The maximum absolute atomic E-state index is 8.87. The van der Waals surface area contributed by atoms with Gasteiger partial charge in [0.15, 0.2) is 0 Å². The van der Waals surface area contributed by atoms with Crippen molar-refractivity contribution in [1.29, 1.82) is 0 Å². The number of fused-ring (bicyclic) bond motifs is 1. The summed E-state index contributed by atoms with van der Waals surface area (Å²) < 4.78 is 1.96. The van der Waals surface area contributed by atoms with Crippen molar-refractivity contribution in [3.63, 3.8) is 0 Å². The lowest BCUT2D eigenvalue weighted by Crippen LogP contribution is -2.11. The van der Waals surface area contributed by atoms with Crippen LogP contribution in [0.4, 0.5) is 0 Å². The van der Waals surface area contributed by atoms with Crippen LogP contribution in [0.5, 0.6) is 0 Å². The van der Waals surface area contributed by atoms with E-state index in [9.17, 15) is 0 Å². The normalized spacial score (nSPS) is 13.3. The van der Waals surface area contributed by atoms with Gasteiger partial charge in [-0.05, 0) is 24.1 Å². The van der Waals surface area contributed by atoms with Crippen LogP contribution >= 0.6 is 0 Å². The number of aromatic nitrogens is 2. The second-order valence-corrected chi connectivity index (χ2v) is 3.69. The van der Waals surface area contributed by atoms with Gasteiger partial charge in [-0.15, -0.1) is 0 Å². The fraction of sp³-hybridized carbons (Fsp3) is 0.364. The highest BCUT2D eigenvalue weighted by atomic mass is 16.3. The van der Waals surface area contributed by atoms with Crippen molar-refractivity contribution in [2.75, 3.05) is 6.61 Å². The van der Waals surface area contributed by atoms with Gasteiger partial charge in [-0.25, -0.2) is 4.98 Å².